The molecule has 0 aromatic carbocycles. The molecule has 1 atom stereocenters. The van der Waals surface area contributed by atoms with Crippen LogP contribution in [0.4, 0.5) is 0 Å². The molecule has 0 amide bonds. The first-order chi connectivity index (χ1) is 7.98. The highest BCUT2D eigenvalue weighted by Crippen LogP contribution is 2.27. The second kappa shape index (κ2) is 6.84. The topological polar surface area (TPSA) is 72.2 Å². The summed E-state index contributed by atoms with van der Waals surface area (Å²) in [5.74, 6) is 5.92. The molecule has 3 N–H and O–H groups in total. The molecule has 1 unspecified atom stereocenters. The van der Waals surface area contributed by atoms with E-state index in [4.69, 9.17) is 5.84 Å². The molecule has 17 heavy (non-hydrogen) atoms. The Kier molecular flexibility index (Phi) is 6.08. The van der Waals surface area contributed by atoms with Gasteiger partial charge in [0.25, 0.3) is 0 Å². The minimum absolute atomic E-state index is 0.0182. The van der Waals surface area contributed by atoms with E-state index in [2.05, 4.69) is 21.4 Å². The van der Waals surface area contributed by atoms with Crippen molar-refractivity contribution < 1.29 is 8.42 Å². The molecular weight excluding hydrogens is 324 g/mol. The Balaban J connectivity index is 2.49. The summed E-state index contributed by atoms with van der Waals surface area (Å²) in [5, 5.41) is 2.02. The van der Waals surface area contributed by atoms with E-state index < -0.39 is 9.84 Å². The SMILES string of the molecule is CCS(=O)(=O)CCCC(NN)c1csc(Br)c1. The second-order valence-electron chi connectivity index (χ2n) is 3.78. The predicted molar refractivity (Wildman–Crippen MR) is 75.6 cm³/mol. The molecule has 1 heterocycles. The third-order valence-electron chi connectivity index (χ3n) is 2.58. The van der Waals surface area contributed by atoms with Crippen molar-refractivity contribution in [2.45, 2.75) is 25.8 Å². The smallest absolute Gasteiger partial charge is 0.150 e. The lowest BCUT2D eigenvalue weighted by atomic mass is 10.1. The second-order valence-corrected chi connectivity index (χ2v) is 8.55. The zero-order valence-corrected chi connectivity index (χ0v) is 12.9. The number of hydrazine groups is 1. The summed E-state index contributed by atoms with van der Waals surface area (Å²) in [6.07, 6.45) is 1.34. The van der Waals surface area contributed by atoms with Crippen molar-refractivity contribution in [3.8, 4) is 0 Å². The van der Waals surface area contributed by atoms with Gasteiger partial charge in [-0.15, -0.1) is 11.3 Å². The van der Waals surface area contributed by atoms with Crippen LogP contribution in [0.5, 0.6) is 0 Å². The number of thiophene rings is 1. The molecule has 0 bridgehead atoms. The Labute approximate surface area is 115 Å². The van der Waals surface area contributed by atoms with Crippen molar-refractivity contribution in [1.82, 2.24) is 5.43 Å². The number of hydrogen-bond donors (Lipinski definition) is 2. The zero-order valence-electron chi connectivity index (χ0n) is 9.65. The Morgan fingerprint density at radius 1 is 1.59 bits per heavy atom. The molecule has 0 aliphatic carbocycles. The molecule has 1 aromatic rings. The van der Waals surface area contributed by atoms with Crippen LogP contribution in [0.15, 0.2) is 15.2 Å². The average molecular weight is 341 g/mol. The van der Waals surface area contributed by atoms with Crippen LogP contribution in [0, 0.1) is 0 Å². The number of halogens is 1. The summed E-state index contributed by atoms with van der Waals surface area (Å²) in [6, 6.07) is 2.02. The van der Waals surface area contributed by atoms with Crippen LogP contribution < -0.4 is 11.3 Å². The summed E-state index contributed by atoms with van der Waals surface area (Å²) >= 11 is 4.99. The standard InChI is InChI=1S/C10H17BrN2O2S2/c1-2-17(14,15)5-3-4-9(13-12)8-6-10(11)16-7-8/h6-7,9,13H,2-5,12H2,1H3. The number of nitrogens with two attached hydrogens (primary N) is 1. The minimum Gasteiger partial charge on any atom is -0.271 e. The molecule has 0 aliphatic heterocycles. The van der Waals surface area contributed by atoms with E-state index >= 15 is 0 Å². The maximum Gasteiger partial charge on any atom is 0.150 e. The van der Waals surface area contributed by atoms with Crippen LogP contribution in [0.25, 0.3) is 0 Å². The minimum atomic E-state index is -2.88. The maximum atomic E-state index is 11.4. The number of hydrogen-bond acceptors (Lipinski definition) is 5. The fourth-order valence-corrected chi connectivity index (χ4v) is 3.63. The Morgan fingerprint density at radius 3 is 2.76 bits per heavy atom. The van der Waals surface area contributed by atoms with Crippen molar-refractivity contribution in [1.29, 1.82) is 0 Å². The van der Waals surface area contributed by atoms with Crippen LogP contribution >= 0.6 is 27.3 Å². The molecular formula is C10H17BrN2O2S2. The van der Waals surface area contributed by atoms with Gasteiger partial charge in [-0.1, -0.05) is 6.92 Å². The fraction of sp³-hybridized carbons (Fsp3) is 0.600. The van der Waals surface area contributed by atoms with Crippen molar-refractivity contribution in [2.24, 2.45) is 5.84 Å². The molecule has 98 valence electrons. The molecule has 1 aromatic heterocycles. The largest absolute Gasteiger partial charge is 0.271 e. The van der Waals surface area contributed by atoms with Crippen LogP contribution in [-0.4, -0.2) is 19.9 Å². The van der Waals surface area contributed by atoms with Gasteiger partial charge in [0.1, 0.15) is 9.84 Å². The monoisotopic (exact) mass is 340 g/mol. The van der Waals surface area contributed by atoms with Gasteiger partial charge in [0.2, 0.25) is 0 Å². The summed E-state index contributed by atoms with van der Waals surface area (Å²) in [7, 11) is -2.88. The third kappa shape index (κ3) is 5.05. The summed E-state index contributed by atoms with van der Waals surface area (Å²) in [4.78, 5) is 0. The molecule has 0 saturated heterocycles. The molecule has 4 nitrogen and oxygen atoms in total. The van der Waals surface area contributed by atoms with Crippen LogP contribution in [0.2, 0.25) is 0 Å². The van der Waals surface area contributed by atoms with Gasteiger partial charge in [-0.2, -0.15) is 0 Å². The number of sulfone groups is 1. The van der Waals surface area contributed by atoms with Gasteiger partial charge < -0.3 is 0 Å². The highest BCUT2D eigenvalue weighted by atomic mass is 79.9. The normalized spacial score (nSPS) is 13.8. The van der Waals surface area contributed by atoms with Gasteiger partial charge in [-0.25, -0.2) is 8.42 Å². The fourth-order valence-electron chi connectivity index (χ4n) is 1.50. The molecule has 1 rings (SSSR count). The summed E-state index contributed by atoms with van der Waals surface area (Å²) < 4.78 is 23.8. The van der Waals surface area contributed by atoms with Crippen LogP contribution in [-0.2, 0) is 9.84 Å². The van der Waals surface area contributed by atoms with Crippen molar-refractivity contribution >= 4 is 37.1 Å². The molecule has 0 spiro atoms. The maximum absolute atomic E-state index is 11.4. The van der Waals surface area contributed by atoms with E-state index in [0.29, 0.717) is 6.42 Å². The highest BCUT2D eigenvalue weighted by molar-refractivity contribution is 9.11. The first-order valence-corrected chi connectivity index (χ1v) is 8.88. The third-order valence-corrected chi connectivity index (χ3v) is 5.89. The molecule has 0 saturated carbocycles. The molecule has 0 radical (unpaired) electrons. The Morgan fingerprint density at radius 2 is 2.29 bits per heavy atom. The molecule has 0 aliphatic rings. The van der Waals surface area contributed by atoms with E-state index in [-0.39, 0.29) is 17.5 Å². The zero-order chi connectivity index (χ0) is 12.9. The quantitative estimate of drug-likeness (QED) is 0.589. The predicted octanol–water partition coefficient (Wildman–Crippen LogP) is 2.23. The first kappa shape index (κ1) is 15.1. The van der Waals surface area contributed by atoms with E-state index in [9.17, 15) is 8.42 Å². The number of rotatable bonds is 7. The first-order valence-electron chi connectivity index (χ1n) is 5.39. The van der Waals surface area contributed by atoms with Gasteiger partial charge in [0.05, 0.1) is 9.54 Å². The van der Waals surface area contributed by atoms with Gasteiger partial charge in [0, 0.05) is 11.8 Å². The van der Waals surface area contributed by atoms with Crippen molar-refractivity contribution in [2.75, 3.05) is 11.5 Å². The van der Waals surface area contributed by atoms with Crippen molar-refractivity contribution in [3.05, 3.63) is 20.8 Å². The van der Waals surface area contributed by atoms with Gasteiger partial charge >= 0.3 is 0 Å². The van der Waals surface area contributed by atoms with Gasteiger partial charge in [-0.05, 0) is 45.8 Å². The Bertz CT molecular complexity index is 445. The van der Waals surface area contributed by atoms with E-state index in [0.717, 1.165) is 15.8 Å². The lowest BCUT2D eigenvalue weighted by Gasteiger charge is -2.14. The van der Waals surface area contributed by atoms with Gasteiger partial charge in [0.15, 0.2) is 0 Å². The molecule has 0 fully saturated rings. The number of nitrogens with one attached hydrogen (secondary N) is 1. The summed E-state index contributed by atoms with van der Waals surface area (Å²) in [6.45, 7) is 1.67. The lowest BCUT2D eigenvalue weighted by Crippen LogP contribution is -2.28. The van der Waals surface area contributed by atoms with E-state index in [1.54, 1.807) is 18.3 Å². The van der Waals surface area contributed by atoms with Crippen molar-refractivity contribution in [3.63, 3.8) is 0 Å². The van der Waals surface area contributed by atoms with E-state index in [1.165, 1.54) is 0 Å². The van der Waals surface area contributed by atoms with Gasteiger partial charge in [-0.3, -0.25) is 11.3 Å². The lowest BCUT2D eigenvalue weighted by molar-refractivity contribution is 0.508. The average Bonchev–Trinajstić information content (AvgIpc) is 2.71. The van der Waals surface area contributed by atoms with E-state index in [1.807, 2.05) is 11.4 Å². The highest BCUT2D eigenvalue weighted by Gasteiger charge is 2.13. The van der Waals surface area contributed by atoms with Crippen LogP contribution in [0.3, 0.4) is 0 Å². The van der Waals surface area contributed by atoms with Crippen LogP contribution in [0.1, 0.15) is 31.4 Å². The summed E-state index contributed by atoms with van der Waals surface area (Å²) in [5.41, 5.74) is 3.82. The Hall–Kier alpha value is 0.0500. The molecule has 7 heteroatoms.